The summed E-state index contributed by atoms with van der Waals surface area (Å²) in [5, 5.41) is 0. The average molecular weight is 429 g/mol. The lowest BCUT2D eigenvalue weighted by Crippen LogP contribution is -2.61. The highest BCUT2D eigenvalue weighted by molar-refractivity contribution is 5.92. The maximum Gasteiger partial charge on any atom is 0.309 e. The van der Waals surface area contributed by atoms with Crippen molar-refractivity contribution >= 4 is 17.7 Å². The van der Waals surface area contributed by atoms with Gasteiger partial charge in [-0.2, -0.15) is 0 Å². The van der Waals surface area contributed by atoms with Crippen LogP contribution in [0.15, 0.2) is 11.6 Å². The van der Waals surface area contributed by atoms with Crippen LogP contribution in [0.25, 0.3) is 0 Å². The van der Waals surface area contributed by atoms with Gasteiger partial charge in [0, 0.05) is 18.3 Å². The molecule has 31 heavy (non-hydrogen) atoms. The summed E-state index contributed by atoms with van der Waals surface area (Å²) in [6, 6.07) is 0. The van der Waals surface area contributed by atoms with Crippen LogP contribution in [0.4, 0.5) is 0 Å². The molecule has 0 aromatic carbocycles. The molecule has 5 heteroatoms. The first-order valence-electron chi connectivity index (χ1n) is 12.1. The van der Waals surface area contributed by atoms with Crippen molar-refractivity contribution in [2.75, 3.05) is 7.11 Å². The molecular formula is C26H36O5. The summed E-state index contributed by atoms with van der Waals surface area (Å²) in [5.41, 5.74) is 0.547. The Morgan fingerprint density at radius 2 is 1.90 bits per heavy atom. The van der Waals surface area contributed by atoms with Crippen LogP contribution in [0, 0.1) is 39.9 Å². The SMILES string of the molecule is CCC1C2[C@H](C(=O)OC)CC3=CC(=O)CCC3(C)[C@]23C[C@@H]3CC1(C)C1(C)CCC(=O)O1. The molecule has 3 saturated carbocycles. The fourth-order valence-electron chi connectivity index (χ4n) is 9.04. The van der Waals surface area contributed by atoms with Gasteiger partial charge < -0.3 is 9.47 Å². The first kappa shape index (κ1) is 21.2. The molecule has 0 amide bonds. The van der Waals surface area contributed by atoms with Gasteiger partial charge in [-0.3, -0.25) is 14.4 Å². The Morgan fingerprint density at radius 3 is 2.52 bits per heavy atom. The average Bonchev–Trinajstić information content (AvgIpc) is 3.34. The second-order valence-corrected chi connectivity index (χ2v) is 11.6. The lowest BCUT2D eigenvalue weighted by molar-refractivity contribution is -0.194. The standard InChI is InChI=1S/C26H36O5/c1-6-19-21-18(22(29)30-5)12-15-11-17(27)7-9-23(15,2)26(21)14-16(26)13-24(19,3)25(4)10-8-20(28)31-25/h11,16,18-19,21H,6-10,12-14H2,1-5H3/t16-,18+,19?,21?,23?,24?,25?,26-/m0/s1. The molecule has 0 aromatic heterocycles. The van der Waals surface area contributed by atoms with Crippen LogP contribution in [0.2, 0.25) is 0 Å². The van der Waals surface area contributed by atoms with Crippen molar-refractivity contribution in [1.29, 1.82) is 0 Å². The first-order valence-corrected chi connectivity index (χ1v) is 12.1. The van der Waals surface area contributed by atoms with Crippen LogP contribution in [0.5, 0.6) is 0 Å². The van der Waals surface area contributed by atoms with Crippen LogP contribution in [0.1, 0.15) is 79.1 Å². The van der Waals surface area contributed by atoms with Gasteiger partial charge in [-0.25, -0.2) is 0 Å². The van der Waals surface area contributed by atoms with Gasteiger partial charge in [0.15, 0.2) is 5.78 Å². The third-order valence-corrected chi connectivity index (χ3v) is 10.8. The predicted molar refractivity (Wildman–Crippen MR) is 115 cm³/mol. The topological polar surface area (TPSA) is 69.7 Å². The van der Waals surface area contributed by atoms with Crippen molar-refractivity contribution in [3.63, 3.8) is 0 Å². The van der Waals surface area contributed by atoms with E-state index in [-0.39, 0.29) is 51.7 Å². The normalized spacial score (nSPS) is 50.5. The molecule has 170 valence electrons. The zero-order valence-corrected chi connectivity index (χ0v) is 19.6. The van der Waals surface area contributed by atoms with Gasteiger partial charge in [-0.15, -0.1) is 0 Å². The van der Waals surface area contributed by atoms with E-state index in [1.165, 1.54) is 12.7 Å². The van der Waals surface area contributed by atoms with Gasteiger partial charge in [0.05, 0.1) is 13.0 Å². The van der Waals surface area contributed by atoms with Gasteiger partial charge in [0.2, 0.25) is 0 Å². The number of ketones is 1. The number of fused-ring (bicyclic) bond motifs is 1. The molecule has 5 unspecified atom stereocenters. The zero-order chi connectivity index (χ0) is 22.4. The minimum Gasteiger partial charge on any atom is -0.469 e. The van der Waals surface area contributed by atoms with Crippen LogP contribution in [-0.4, -0.2) is 30.4 Å². The highest BCUT2D eigenvalue weighted by Crippen LogP contribution is 2.83. The molecule has 4 fully saturated rings. The van der Waals surface area contributed by atoms with E-state index in [1.807, 2.05) is 6.08 Å². The Hall–Kier alpha value is -1.65. The highest BCUT2D eigenvalue weighted by Gasteiger charge is 2.79. The van der Waals surface area contributed by atoms with Gasteiger partial charge in [0.25, 0.3) is 0 Å². The molecule has 4 aliphatic carbocycles. The zero-order valence-electron chi connectivity index (χ0n) is 19.6. The molecule has 1 spiro atoms. The van der Waals surface area contributed by atoms with E-state index in [0.717, 1.165) is 32.1 Å². The van der Waals surface area contributed by atoms with E-state index in [1.54, 1.807) is 0 Å². The van der Waals surface area contributed by atoms with E-state index in [0.29, 0.717) is 25.2 Å². The number of cyclic esters (lactones) is 1. The molecule has 1 saturated heterocycles. The largest absolute Gasteiger partial charge is 0.469 e. The van der Waals surface area contributed by atoms with Crippen molar-refractivity contribution in [3.05, 3.63) is 11.6 Å². The van der Waals surface area contributed by atoms with E-state index < -0.39 is 5.60 Å². The fourth-order valence-corrected chi connectivity index (χ4v) is 9.04. The highest BCUT2D eigenvalue weighted by atomic mass is 16.6. The summed E-state index contributed by atoms with van der Waals surface area (Å²) in [5.74, 6) is 0.680. The fraction of sp³-hybridized carbons (Fsp3) is 0.808. The van der Waals surface area contributed by atoms with E-state index in [9.17, 15) is 14.4 Å². The van der Waals surface area contributed by atoms with Crippen LogP contribution >= 0.6 is 0 Å². The number of esters is 2. The smallest absolute Gasteiger partial charge is 0.309 e. The number of carbonyl (C=O) groups is 3. The number of ether oxygens (including phenoxy) is 2. The lowest BCUT2D eigenvalue weighted by Gasteiger charge is -2.63. The molecule has 0 radical (unpaired) electrons. The predicted octanol–water partition coefficient (Wildman–Crippen LogP) is 4.63. The minimum atomic E-state index is -0.486. The number of hydrogen-bond acceptors (Lipinski definition) is 5. The van der Waals surface area contributed by atoms with Crippen molar-refractivity contribution in [1.82, 2.24) is 0 Å². The van der Waals surface area contributed by atoms with Crippen molar-refractivity contribution in [3.8, 4) is 0 Å². The lowest BCUT2D eigenvalue weighted by atomic mass is 9.41. The quantitative estimate of drug-likeness (QED) is 0.613. The Bertz CT molecular complexity index is 890. The molecule has 1 aliphatic heterocycles. The van der Waals surface area contributed by atoms with Crippen LogP contribution < -0.4 is 0 Å². The Labute approximate surface area is 185 Å². The molecule has 5 aliphatic rings. The number of allylic oxidation sites excluding steroid dienone is 2. The molecule has 0 aromatic rings. The summed E-state index contributed by atoms with van der Waals surface area (Å²) in [4.78, 5) is 37.6. The van der Waals surface area contributed by atoms with Gasteiger partial charge >= 0.3 is 11.9 Å². The van der Waals surface area contributed by atoms with E-state index in [4.69, 9.17) is 9.47 Å². The van der Waals surface area contributed by atoms with Gasteiger partial charge in [-0.1, -0.05) is 32.8 Å². The molecule has 5 nitrogen and oxygen atoms in total. The van der Waals surface area contributed by atoms with E-state index >= 15 is 0 Å². The Morgan fingerprint density at radius 1 is 1.16 bits per heavy atom. The molecule has 5 rings (SSSR count). The summed E-state index contributed by atoms with van der Waals surface area (Å²) < 4.78 is 11.4. The summed E-state index contributed by atoms with van der Waals surface area (Å²) in [6.07, 6.45) is 8.28. The van der Waals surface area contributed by atoms with Crippen LogP contribution in [0.3, 0.4) is 0 Å². The first-order chi connectivity index (χ1) is 14.6. The summed E-state index contributed by atoms with van der Waals surface area (Å²) in [7, 11) is 1.48. The Kier molecular flexibility index (Phi) is 4.41. The number of methoxy groups -OCH3 is 1. The Balaban J connectivity index is 1.65. The maximum absolute atomic E-state index is 13.1. The van der Waals surface area contributed by atoms with Crippen molar-refractivity contribution in [2.45, 2.75) is 84.7 Å². The monoisotopic (exact) mass is 428 g/mol. The third kappa shape index (κ3) is 2.47. The third-order valence-electron chi connectivity index (χ3n) is 10.8. The van der Waals surface area contributed by atoms with Gasteiger partial charge in [0.1, 0.15) is 5.60 Å². The van der Waals surface area contributed by atoms with Crippen molar-refractivity contribution in [2.24, 2.45) is 39.9 Å². The molecule has 0 N–H and O–H groups in total. The van der Waals surface area contributed by atoms with Crippen LogP contribution in [-0.2, 0) is 23.9 Å². The minimum absolute atomic E-state index is 0.0250. The number of carbonyl (C=O) groups excluding carboxylic acids is 3. The number of rotatable bonds is 3. The molecule has 1 heterocycles. The molecule has 8 atom stereocenters. The van der Waals surface area contributed by atoms with Crippen molar-refractivity contribution < 1.29 is 23.9 Å². The second-order valence-electron chi connectivity index (χ2n) is 11.6. The molecule has 0 bridgehead atoms. The second kappa shape index (κ2) is 6.45. The number of hydrogen-bond donors (Lipinski definition) is 0. The molecular weight excluding hydrogens is 392 g/mol. The summed E-state index contributed by atoms with van der Waals surface area (Å²) >= 11 is 0. The van der Waals surface area contributed by atoms with E-state index in [2.05, 4.69) is 27.7 Å². The maximum atomic E-state index is 13.1. The van der Waals surface area contributed by atoms with Gasteiger partial charge in [-0.05, 0) is 73.7 Å². The summed E-state index contributed by atoms with van der Waals surface area (Å²) in [6.45, 7) is 9.02.